The van der Waals surface area contributed by atoms with Gasteiger partial charge in [0.15, 0.2) is 5.96 Å². The fourth-order valence-electron chi connectivity index (χ4n) is 5.78. The lowest BCUT2D eigenvalue weighted by Crippen LogP contribution is -2.62. The second-order valence-corrected chi connectivity index (χ2v) is 10.3. The van der Waals surface area contributed by atoms with Gasteiger partial charge < -0.3 is 20.4 Å². The lowest BCUT2D eigenvalue weighted by Gasteiger charge is -2.50. The Morgan fingerprint density at radius 3 is 2.19 bits per heavy atom. The van der Waals surface area contributed by atoms with E-state index in [0.29, 0.717) is 11.9 Å². The van der Waals surface area contributed by atoms with Gasteiger partial charge in [-0.15, -0.1) is 0 Å². The predicted molar refractivity (Wildman–Crippen MR) is 133 cm³/mol. The maximum atomic E-state index is 12.7. The molecular formula is C25H48N6O. The molecule has 184 valence electrons. The van der Waals surface area contributed by atoms with Crippen molar-refractivity contribution in [1.29, 1.82) is 0 Å². The third-order valence-corrected chi connectivity index (χ3v) is 8.24. The summed E-state index contributed by atoms with van der Waals surface area (Å²) < 4.78 is 0. The molecule has 0 saturated carbocycles. The van der Waals surface area contributed by atoms with Crippen LogP contribution in [0.3, 0.4) is 0 Å². The standard InChI is InChI=1S/C25H48N6O/c1-5-21(6-2)23(32)30-16-10-22(11-17-30)28-24(26-3)27-20-25(12-18-29(4)19-13-25)31-14-8-7-9-15-31/h21-22H,5-20H2,1-4H3,(H2,26,27,28). The summed E-state index contributed by atoms with van der Waals surface area (Å²) in [5.74, 6) is 1.46. The Hall–Kier alpha value is -1.34. The number of likely N-dealkylation sites (tertiary alicyclic amines) is 3. The number of hydrogen-bond acceptors (Lipinski definition) is 4. The average Bonchev–Trinajstić information content (AvgIpc) is 2.84. The zero-order valence-electron chi connectivity index (χ0n) is 21.2. The SMILES string of the molecule is CCC(CC)C(=O)N1CCC(NC(=NC)NCC2(N3CCCCC3)CCN(C)CC2)CC1. The van der Waals surface area contributed by atoms with Crippen LogP contribution in [0, 0.1) is 5.92 Å². The van der Waals surface area contributed by atoms with Crippen molar-refractivity contribution in [1.82, 2.24) is 25.3 Å². The van der Waals surface area contributed by atoms with Crippen LogP contribution in [0.5, 0.6) is 0 Å². The number of carbonyl (C=O) groups is 1. The van der Waals surface area contributed by atoms with Crippen LogP contribution in [-0.2, 0) is 4.79 Å². The smallest absolute Gasteiger partial charge is 0.225 e. The molecule has 2 N–H and O–H groups in total. The second-order valence-electron chi connectivity index (χ2n) is 10.3. The van der Waals surface area contributed by atoms with Crippen molar-refractivity contribution in [2.24, 2.45) is 10.9 Å². The third kappa shape index (κ3) is 6.37. The van der Waals surface area contributed by atoms with Crippen LogP contribution in [0.1, 0.15) is 71.6 Å². The van der Waals surface area contributed by atoms with Gasteiger partial charge in [0.1, 0.15) is 0 Å². The first-order chi connectivity index (χ1) is 15.5. The molecule has 0 aliphatic carbocycles. The van der Waals surface area contributed by atoms with Crippen LogP contribution >= 0.6 is 0 Å². The Bertz CT molecular complexity index is 598. The quantitative estimate of drug-likeness (QED) is 0.463. The van der Waals surface area contributed by atoms with E-state index < -0.39 is 0 Å². The molecule has 0 atom stereocenters. The normalized spacial score (nSPS) is 24.0. The topological polar surface area (TPSA) is 63.2 Å². The van der Waals surface area contributed by atoms with E-state index in [1.165, 1.54) is 58.3 Å². The van der Waals surface area contributed by atoms with E-state index in [1.807, 2.05) is 7.05 Å². The Kier molecular flexibility index (Phi) is 9.65. The molecule has 0 radical (unpaired) electrons. The van der Waals surface area contributed by atoms with E-state index in [0.717, 1.165) is 51.3 Å². The Balaban J connectivity index is 1.51. The summed E-state index contributed by atoms with van der Waals surface area (Å²) in [6.07, 6.45) is 10.4. The summed E-state index contributed by atoms with van der Waals surface area (Å²) in [5.41, 5.74) is 0.246. The minimum atomic E-state index is 0.189. The second kappa shape index (κ2) is 12.2. The highest BCUT2D eigenvalue weighted by Gasteiger charge is 2.39. The molecule has 32 heavy (non-hydrogen) atoms. The first-order valence-corrected chi connectivity index (χ1v) is 13.2. The molecule has 3 saturated heterocycles. The van der Waals surface area contributed by atoms with Crippen molar-refractivity contribution in [2.45, 2.75) is 83.2 Å². The molecular weight excluding hydrogens is 400 g/mol. The van der Waals surface area contributed by atoms with Crippen LogP contribution < -0.4 is 10.6 Å². The van der Waals surface area contributed by atoms with E-state index >= 15 is 0 Å². The first kappa shape index (κ1) is 25.3. The number of aliphatic imine (C=N–C) groups is 1. The van der Waals surface area contributed by atoms with Gasteiger partial charge in [-0.1, -0.05) is 20.3 Å². The number of piperidine rings is 3. The summed E-state index contributed by atoms with van der Waals surface area (Å²) in [7, 11) is 4.12. The third-order valence-electron chi connectivity index (χ3n) is 8.24. The summed E-state index contributed by atoms with van der Waals surface area (Å²) in [5, 5.41) is 7.37. The Morgan fingerprint density at radius 2 is 1.62 bits per heavy atom. The van der Waals surface area contributed by atoms with Gasteiger partial charge in [-0.25, -0.2) is 0 Å². The first-order valence-electron chi connectivity index (χ1n) is 13.2. The van der Waals surface area contributed by atoms with Crippen molar-refractivity contribution in [2.75, 3.05) is 59.9 Å². The monoisotopic (exact) mass is 448 g/mol. The van der Waals surface area contributed by atoms with Gasteiger partial charge in [0.25, 0.3) is 0 Å². The van der Waals surface area contributed by atoms with E-state index in [9.17, 15) is 4.79 Å². The maximum Gasteiger partial charge on any atom is 0.225 e. The predicted octanol–water partition coefficient (Wildman–Crippen LogP) is 2.53. The molecule has 0 aromatic rings. The molecule has 0 aromatic heterocycles. The van der Waals surface area contributed by atoms with Gasteiger partial charge >= 0.3 is 0 Å². The number of carbonyl (C=O) groups excluding carboxylic acids is 1. The van der Waals surface area contributed by atoms with Crippen LogP contribution in [0.15, 0.2) is 4.99 Å². The molecule has 0 unspecified atom stereocenters. The fraction of sp³-hybridized carbons (Fsp3) is 0.920. The molecule has 3 aliphatic rings. The van der Waals surface area contributed by atoms with Crippen LogP contribution in [0.4, 0.5) is 0 Å². The highest BCUT2D eigenvalue weighted by molar-refractivity contribution is 5.80. The zero-order chi connectivity index (χ0) is 23.0. The van der Waals surface area contributed by atoms with E-state index in [1.54, 1.807) is 0 Å². The molecule has 3 aliphatic heterocycles. The van der Waals surface area contributed by atoms with Gasteiger partial charge in [0.05, 0.1) is 0 Å². The van der Waals surface area contributed by atoms with Gasteiger partial charge in [-0.2, -0.15) is 0 Å². The number of nitrogens with zero attached hydrogens (tertiary/aromatic N) is 4. The van der Waals surface area contributed by atoms with Crippen molar-refractivity contribution in [3.63, 3.8) is 0 Å². The maximum absolute atomic E-state index is 12.7. The molecule has 3 heterocycles. The highest BCUT2D eigenvalue weighted by Crippen LogP contribution is 2.31. The van der Waals surface area contributed by atoms with Crippen LogP contribution in [0.2, 0.25) is 0 Å². The van der Waals surface area contributed by atoms with Gasteiger partial charge in [0, 0.05) is 44.2 Å². The summed E-state index contributed by atoms with van der Waals surface area (Å²) >= 11 is 0. The zero-order valence-corrected chi connectivity index (χ0v) is 21.2. The van der Waals surface area contributed by atoms with Crippen molar-refractivity contribution < 1.29 is 4.79 Å². The Morgan fingerprint density at radius 1 is 1.00 bits per heavy atom. The van der Waals surface area contributed by atoms with Crippen molar-refractivity contribution in [3.8, 4) is 0 Å². The number of hydrogen-bond donors (Lipinski definition) is 2. The molecule has 3 fully saturated rings. The summed E-state index contributed by atoms with van der Waals surface area (Å²) in [4.78, 5) is 24.6. The number of nitrogens with one attached hydrogen (secondary N) is 2. The van der Waals surface area contributed by atoms with Crippen LogP contribution in [0.25, 0.3) is 0 Å². The Labute approximate surface area is 196 Å². The molecule has 7 nitrogen and oxygen atoms in total. The van der Waals surface area contributed by atoms with Gasteiger partial charge in [-0.3, -0.25) is 14.7 Å². The summed E-state index contributed by atoms with van der Waals surface area (Å²) in [6, 6.07) is 0.385. The van der Waals surface area contributed by atoms with E-state index in [2.05, 4.69) is 51.2 Å². The number of guanidine groups is 1. The molecule has 7 heteroatoms. The van der Waals surface area contributed by atoms with Crippen LogP contribution in [-0.4, -0.2) is 98.1 Å². The van der Waals surface area contributed by atoms with Gasteiger partial charge in [-0.05, 0) is 84.6 Å². The summed E-state index contributed by atoms with van der Waals surface area (Å²) in [6.45, 7) is 11.7. The van der Waals surface area contributed by atoms with Crippen molar-refractivity contribution in [3.05, 3.63) is 0 Å². The molecule has 0 aromatic carbocycles. The van der Waals surface area contributed by atoms with E-state index in [4.69, 9.17) is 0 Å². The largest absolute Gasteiger partial charge is 0.355 e. The fourth-order valence-corrected chi connectivity index (χ4v) is 5.78. The van der Waals surface area contributed by atoms with E-state index in [-0.39, 0.29) is 11.5 Å². The minimum Gasteiger partial charge on any atom is -0.355 e. The van der Waals surface area contributed by atoms with Gasteiger partial charge in [0.2, 0.25) is 5.91 Å². The average molecular weight is 449 g/mol. The van der Waals surface area contributed by atoms with Crippen molar-refractivity contribution >= 4 is 11.9 Å². The highest BCUT2D eigenvalue weighted by atomic mass is 16.2. The number of rotatable bonds is 7. The lowest BCUT2D eigenvalue weighted by molar-refractivity contribution is -0.136. The lowest BCUT2D eigenvalue weighted by atomic mass is 9.84. The molecule has 3 rings (SSSR count). The molecule has 1 amide bonds. The molecule has 0 spiro atoms. The minimum absolute atomic E-state index is 0.189. The molecule has 0 bridgehead atoms. The number of amides is 1.